The van der Waals surface area contributed by atoms with E-state index in [1.807, 2.05) is 0 Å². The summed E-state index contributed by atoms with van der Waals surface area (Å²) in [4.78, 5) is 11.7. The van der Waals surface area contributed by atoms with Crippen molar-refractivity contribution in [1.82, 2.24) is 9.88 Å². The maximum atomic E-state index is 13.1. The van der Waals surface area contributed by atoms with Crippen molar-refractivity contribution in [2.24, 2.45) is 7.05 Å². The van der Waals surface area contributed by atoms with Crippen LogP contribution in [-0.2, 0) is 7.05 Å². The first kappa shape index (κ1) is 9.40. The Balaban J connectivity index is 2.46. The van der Waals surface area contributed by atoms with Gasteiger partial charge < -0.3 is 9.88 Å². The van der Waals surface area contributed by atoms with Crippen molar-refractivity contribution < 1.29 is 4.39 Å². The number of halogens is 1. The van der Waals surface area contributed by atoms with E-state index in [-0.39, 0.29) is 17.4 Å². The van der Waals surface area contributed by atoms with E-state index in [9.17, 15) is 9.18 Å². The Labute approximate surface area is 81.6 Å². The van der Waals surface area contributed by atoms with Gasteiger partial charge in [0.2, 0.25) is 0 Å². The SMILES string of the molecule is Cn1cc(F)cc(C2CCCN2)c1=O. The number of nitrogens with one attached hydrogen (secondary N) is 1. The Hall–Kier alpha value is -1.16. The van der Waals surface area contributed by atoms with Gasteiger partial charge in [-0.15, -0.1) is 0 Å². The van der Waals surface area contributed by atoms with E-state index >= 15 is 0 Å². The van der Waals surface area contributed by atoms with Crippen molar-refractivity contribution in [3.8, 4) is 0 Å². The van der Waals surface area contributed by atoms with Crippen molar-refractivity contribution in [3.05, 3.63) is 34.0 Å². The van der Waals surface area contributed by atoms with Crippen molar-refractivity contribution in [3.63, 3.8) is 0 Å². The number of nitrogens with zero attached hydrogens (tertiary/aromatic N) is 1. The molecule has 1 N–H and O–H groups in total. The minimum atomic E-state index is -0.351. The van der Waals surface area contributed by atoms with Gasteiger partial charge in [0.1, 0.15) is 5.82 Å². The molecule has 4 heteroatoms. The van der Waals surface area contributed by atoms with E-state index in [1.165, 1.54) is 16.8 Å². The molecule has 1 fully saturated rings. The van der Waals surface area contributed by atoms with Gasteiger partial charge in [-0.3, -0.25) is 4.79 Å². The third kappa shape index (κ3) is 1.57. The minimum Gasteiger partial charge on any atom is -0.315 e. The highest BCUT2D eigenvalue weighted by Crippen LogP contribution is 2.20. The summed E-state index contributed by atoms with van der Waals surface area (Å²) in [6.07, 6.45) is 3.17. The van der Waals surface area contributed by atoms with Gasteiger partial charge in [0.25, 0.3) is 5.56 Å². The summed E-state index contributed by atoms with van der Waals surface area (Å²) < 4.78 is 14.4. The molecule has 0 aromatic carbocycles. The summed E-state index contributed by atoms with van der Waals surface area (Å²) in [5.74, 6) is -0.351. The molecular formula is C10H13FN2O. The van der Waals surface area contributed by atoms with Crippen LogP contribution >= 0.6 is 0 Å². The van der Waals surface area contributed by atoms with E-state index in [0.29, 0.717) is 5.56 Å². The van der Waals surface area contributed by atoms with Crippen LogP contribution in [0.4, 0.5) is 4.39 Å². The molecule has 3 nitrogen and oxygen atoms in total. The summed E-state index contributed by atoms with van der Waals surface area (Å²) >= 11 is 0. The molecule has 1 aliphatic heterocycles. The fourth-order valence-corrected chi connectivity index (χ4v) is 1.89. The molecular weight excluding hydrogens is 183 g/mol. The molecule has 76 valence electrons. The highest BCUT2D eigenvalue weighted by atomic mass is 19.1. The van der Waals surface area contributed by atoms with Gasteiger partial charge >= 0.3 is 0 Å². The quantitative estimate of drug-likeness (QED) is 0.725. The topological polar surface area (TPSA) is 34.0 Å². The van der Waals surface area contributed by atoms with Gasteiger partial charge in [-0.05, 0) is 25.5 Å². The standard InChI is InChI=1S/C10H13FN2O/c1-13-6-7(11)5-8(10(13)14)9-3-2-4-12-9/h5-6,9,12H,2-4H2,1H3. The summed E-state index contributed by atoms with van der Waals surface area (Å²) in [6.45, 7) is 0.907. The monoisotopic (exact) mass is 196 g/mol. The van der Waals surface area contributed by atoms with E-state index in [1.54, 1.807) is 7.05 Å². The predicted molar refractivity (Wildman–Crippen MR) is 51.6 cm³/mol. The lowest BCUT2D eigenvalue weighted by Crippen LogP contribution is -2.27. The molecule has 1 atom stereocenters. The van der Waals surface area contributed by atoms with Crippen LogP contribution in [0.2, 0.25) is 0 Å². The zero-order valence-electron chi connectivity index (χ0n) is 8.09. The number of pyridine rings is 1. The van der Waals surface area contributed by atoms with Crippen LogP contribution < -0.4 is 10.9 Å². The average molecular weight is 196 g/mol. The zero-order valence-corrected chi connectivity index (χ0v) is 8.09. The normalized spacial score (nSPS) is 21.4. The molecule has 1 aromatic heterocycles. The first-order valence-corrected chi connectivity index (χ1v) is 4.78. The van der Waals surface area contributed by atoms with Crippen LogP contribution in [0.15, 0.2) is 17.1 Å². The van der Waals surface area contributed by atoms with Gasteiger partial charge in [-0.2, -0.15) is 0 Å². The fourth-order valence-electron chi connectivity index (χ4n) is 1.89. The first-order chi connectivity index (χ1) is 6.68. The molecule has 2 heterocycles. The maximum absolute atomic E-state index is 13.1. The number of hydrogen-bond acceptors (Lipinski definition) is 2. The Morgan fingerprint density at radius 2 is 2.43 bits per heavy atom. The fraction of sp³-hybridized carbons (Fsp3) is 0.500. The third-order valence-electron chi connectivity index (χ3n) is 2.61. The summed E-state index contributed by atoms with van der Waals surface area (Å²) in [5.41, 5.74) is 0.441. The predicted octanol–water partition coefficient (Wildman–Crippen LogP) is 0.949. The second-order valence-electron chi connectivity index (χ2n) is 3.68. The molecule has 1 aromatic rings. The lowest BCUT2D eigenvalue weighted by molar-refractivity contribution is 0.576. The molecule has 0 spiro atoms. The van der Waals surface area contributed by atoms with Gasteiger partial charge in [-0.1, -0.05) is 0 Å². The number of hydrogen-bond donors (Lipinski definition) is 1. The van der Waals surface area contributed by atoms with Crippen LogP contribution in [0.25, 0.3) is 0 Å². The molecule has 0 bridgehead atoms. The summed E-state index contributed by atoms with van der Waals surface area (Å²) in [7, 11) is 1.57. The van der Waals surface area contributed by atoms with Crippen LogP contribution in [0, 0.1) is 5.82 Å². The van der Waals surface area contributed by atoms with Crippen LogP contribution in [-0.4, -0.2) is 11.1 Å². The maximum Gasteiger partial charge on any atom is 0.255 e. The van der Waals surface area contributed by atoms with E-state index in [0.717, 1.165) is 19.4 Å². The lowest BCUT2D eigenvalue weighted by atomic mass is 10.1. The summed E-state index contributed by atoms with van der Waals surface area (Å²) in [5, 5.41) is 3.19. The molecule has 14 heavy (non-hydrogen) atoms. The first-order valence-electron chi connectivity index (χ1n) is 4.78. The molecule has 0 radical (unpaired) electrons. The molecule has 1 aliphatic rings. The van der Waals surface area contributed by atoms with Crippen LogP contribution in [0.5, 0.6) is 0 Å². The smallest absolute Gasteiger partial charge is 0.255 e. The molecule has 1 unspecified atom stereocenters. The van der Waals surface area contributed by atoms with E-state index in [2.05, 4.69) is 5.32 Å². The molecule has 0 saturated carbocycles. The molecule has 2 rings (SSSR count). The number of aryl methyl sites for hydroxylation is 1. The Bertz CT molecular complexity index is 394. The Kier molecular flexibility index (Phi) is 2.37. The van der Waals surface area contributed by atoms with Crippen molar-refractivity contribution in [1.29, 1.82) is 0 Å². The van der Waals surface area contributed by atoms with E-state index in [4.69, 9.17) is 0 Å². The average Bonchev–Trinajstić information content (AvgIpc) is 2.63. The second-order valence-corrected chi connectivity index (χ2v) is 3.68. The Morgan fingerprint density at radius 1 is 1.64 bits per heavy atom. The number of rotatable bonds is 1. The lowest BCUT2D eigenvalue weighted by Gasteiger charge is -2.10. The van der Waals surface area contributed by atoms with E-state index < -0.39 is 0 Å². The highest BCUT2D eigenvalue weighted by Gasteiger charge is 2.20. The minimum absolute atomic E-state index is 0.0319. The van der Waals surface area contributed by atoms with Crippen molar-refractivity contribution in [2.45, 2.75) is 18.9 Å². The van der Waals surface area contributed by atoms with Crippen LogP contribution in [0.3, 0.4) is 0 Å². The highest BCUT2D eigenvalue weighted by molar-refractivity contribution is 5.17. The number of aromatic nitrogens is 1. The molecule has 0 aliphatic carbocycles. The largest absolute Gasteiger partial charge is 0.315 e. The molecule has 0 amide bonds. The zero-order chi connectivity index (χ0) is 10.1. The van der Waals surface area contributed by atoms with Crippen molar-refractivity contribution in [2.75, 3.05) is 6.54 Å². The van der Waals surface area contributed by atoms with Crippen LogP contribution in [0.1, 0.15) is 24.4 Å². The van der Waals surface area contributed by atoms with Gasteiger partial charge in [0.05, 0.1) is 0 Å². The summed E-state index contributed by atoms with van der Waals surface area (Å²) in [6, 6.07) is 1.37. The second kappa shape index (κ2) is 3.53. The third-order valence-corrected chi connectivity index (χ3v) is 2.61. The van der Waals surface area contributed by atoms with Gasteiger partial charge in [0.15, 0.2) is 0 Å². The van der Waals surface area contributed by atoms with Gasteiger partial charge in [0, 0.05) is 24.8 Å². The molecule has 1 saturated heterocycles. The van der Waals surface area contributed by atoms with Gasteiger partial charge in [-0.25, -0.2) is 4.39 Å². The van der Waals surface area contributed by atoms with Crippen molar-refractivity contribution >= 4 is 0 Å². The Morgan fingerprint density at radius 3 is 3.07 bits per heavy atom.